The van der Waals surface area contributed by atoms with Crippen LogP contribution in [0.25, 0.3) is 11.4 Å². The molecule has 1 atom stereocenters. The van der Waals surface area contributed by atoms with Crippen molar-refractivity contribution in [2.24, 2.45) is 0 Å². The van der Waals surface area contributed by atoms with Gasteiger partial charge in [0, 0.05) is 43.6 Å². The van der Waals surface area contributed by atoms with E-state index < -0.39 is 0 Å². The summed E-state index contributed by atoms with van der Waals surface area (Å²) in [5.74, 6) is 1.18. The molecule has 1 N–H and O–H groups in total. The summed E-state index contributed by atoms with van der Waals surface area (Å²) in [5, 5.41) is 7.51. The Morgan fingerprint density at radius 3 is 2.92 bits per heavy atom. The quantitative estimate of drug-likeness (QED) is 0.738. The first kappa shape index (κ1) is 16.9. The predicted molar refractivity (Wildman–Crippen MR) is 99.3 cm³/mol. The van der Waals surface area contributed by atoms with E-state index in [0.717, 1.165) is 31.6 Å². The molecule has 4 rings (SSSR count). The molecule has 0 saturated heterocycles. The molecule has 1 aliphatic rings. The molecule has 0 saturated carbocycles. The third kappa shape index (κ3) is 3.98. The fourth-order valence-electron chi connectivity index (χ4n) is 3.36. The normalized spacial score (nSPS) is 15.6. The highest BCUT2D eigenvalue weighted by molar-refractivity contribution is 5.51. The first-order valence-electron chi connectivity index (χ1n) is 9.03. The molecule has 3 heterocycles. The molecule has 1 aromatic carbocycles. The molecule has 26 heavy (non-hydrogen) atoms. The second kappa shape index (κ2) is 7.76. The van der Waals surface area contributed by atoms with E-state index in [4.69, 9.17) is 4.52 Å². The van der Waals surface area contributed by atoms with Gasteiger partial charge in [0.15, 0.2) is 0 Å². The van der Waals surface area contributed by atoms with Crippen LogP contribution in [0.1, 0.15) is 23.9 Å². The molecule has 134 valence electrons. The monoisotopic (exact) mass is 349 g/mol. The van der Waals surface area contributed by atoms with Crippen molar-refractivity contribution in [3.8, 4) is 11.4 Å². The maximum Gasteiger partial charge on any atom is 0.240 e. The Kier molecular flexibility index (Phi) is 5.04. The first-order valence-corrected chi connectivity index (χ1v) is 9.03. The van der Waals surface area contributed by atoms with Crippen LogP contribution >= 0.6 is 0 Å². The van der Waals surface area contributed by atoms with Gasteiger partial charge in [-0.2, -0.15) is 4.98 Å². The number of benzene rings is 1. The summed E-state index contributed by atoms with van der Waals surface area (Å²) in [5.41, 5.74) is 3.80. The van der Waals surface area contributed by atoms with E-state index in [-0.39, 0.29) is 0 Å². The minimum absolute atomic E-state index is 0.342. The van der Waals surface area contributed by atoms with Crippen LogP contribution in [-0.2, 0) is 19.5 Å². The molecule has 3 aromatic rings. The highest BCUT2D eigenvalue weighted by atomic mass is 16.5. The van der Waals surface area contributed by atoms with Gasteiger partial charge in [0.1, 0.15) is 0 Å². The number of nitrogens with zero attached hydrogens (tertiary/aromatic N) is 4. The van der Waals surface area contributed by atoms with Crippen LogP contribution in [0, 0.1) is 0 Å². The summed E-state index contributed by atoms with van der Waals surface area (Å²) in [6, 6.07) is 12.9. The van der Waals surface area contributed by atoms with E-state index in [1.807, 2.05) is 12.1 Å². The van der Waals surface area contributed by atoms with Crippen molar-refractivity contribution in [1.82, 2.24) is 25.3 Å². The highest BCUT2D eigenvalue weighted by Crippen LogP contribution is 2.18. The number of hydrogen-bond donors (Lipinski definition) is 1. The second-order valence-electron chi connectivity index (χ2n) is 6.79. The fraction of sp³-hybridized carbons (Fsp3) is 0.350. The van der Waals surface area contributed by atoms with Gasteiger partial charge in [-0.15, -0.1) is 0 Å². The van der Waals surface area contributed by atoms with E-state index in [2.05, 4.69) is 56.5 Å². The molecule has 6 heteroatoms. The molecule has 1 aliphatic heterocycles. The average Bonchev–Trinajstić information content (AvgIpc) is 3.16. The number of rotatable bonds is 6. The lowest BCUT2D eigenvalue weighted by Gasteiger charge is -2.31. The fourth-order valence-corrected chi connectivity index (χ4v) is 3.36. The molecule has 6 nitrogen and oxygen atoms in total. The van der Waals surface area contributed by atoms with Crippen LogP contribution in [0.3, 0.4) is 0 Å². The third-order valence-corrected chi connectivity index (χ3v) is 4.73. The summed E-state index contributed by atoms with van der Waals surface area (Å²) < 4.78 is 5.34. The molecule has 2 aromatic heterocycles. The summed E-state index contributed by atoms with van der Waals surface area (Å²) in [6.07, 6.45) is 4.59. The van der Waals surface area contributed by atoms with Gasteiger partial charge in [-0.25, -0.2) is 0 Å². The lowest BCUT2D eigenvalue weighted by atomic mass is 10.00. The van der Waals surface area contributed by atoms with Gasteiger partial charge < -0.3 is 9.84 Å². The van der Waals surface area contributed by atoms with E-state index in [1.54, 1.807) is 12.4 Å². The molecule has 0 aliphatic carbocycles. The number of fused-ring (bicyclic) bond motifs is 1. The van der Waals surface area contributed by atoms with Crippen LogP contribution in [0.15, 0.2) is 53.3 Å². The minimum atomic E-state index is 0.342. The molecule has 0 spiro atoms. The average molecular weight is 349 g/mol. The Bertz CT molecular complexity index is 848. The van der Waals surface area contributed by atoms with E-state index in [9.17, 15) is 0 Å². The Labute approximate surface area is 153 Å². The van der Waals surface area contributed by atoms with Gasteiger partial charge >= 0.3 is 0 Å². The van der Waals surface area contributed by atoms with Crippen LogP contribution < -0.4 is 5.32 Å². The van der Waals surface area contributed by atoms with Crippen LogP contribution in [0.5, 0.6) is 0 Å². The SMILES string of the molecule is C[C@H](CN1CCc2ccccc2C1)NCc1nc(-c2cccnc2)no1. The predicted octanol–water partition coefficient (Wildman–Crippen LogP) is 2.67. The maximum absolute atomic E-state index is 5.34. The van der Waals surface area contributed by atoms with Crippen molar-refractivity contribution in [3.63, 3.8) is 0 Å². The smallest absolute Gasteiger partial charge is 0.240 e. The lowest BCUT2D eigenvalue weighted by Crippen LogP contribution is -2.41. The molecule has 0 unspecified atom stereocenters. The Hall–Kier alpha value is -2.57. The molecular formula is C20H23N5O. The van der Waals surface area contributed by atoms with Crippen LogP contribution in [-0.4, -0.2) is 39.2 Å². The largest absolute Gasteiger partial charge is 0.338 e. The van der Waals surface area contributed by atoms with Crippen LogP contribution in [0.2, 0.25) is 0 Å². The van der Waals surface area contributed by atoms with Crippen molar-refractivity contribution in [2.75, 3.05) is 13.1 Å². The Morgan fingerprint density at radius 2 is 2.08 bits per heavy atom. The molecular weight excluding hydrogens is 326 g/mol. The minimum Gasteiger partial charge on any atom is -0.338 e. The van der Waals surface area contributed by atoms with E-state index in [0.29, 0.717) is 24.3 Å². The van der Waals surface area contributed by atoms with E-state index >= 15 is 0 Å². The van der Waals surface area contributed by atoms with Gasteiger partial charge in [0.2, 0.25) is 11.7 Å². The van der Waals surface area contributed by atoms with Crippen molar-refractivity contribution >= 4 is 0 Å². The Balaban J connectivity index is 1.28. The third-order valence-electron chi connectivity index (χ3n) is 4.73. The van der Waals surface area contributed by atoms with Crippen molar-refractivity contribution in [3.05, 3.63) is 65.8 Å². The summed E-state index contributed by atoms with van der Waals surface area (Å²) in [6.45, 7) is 5.89. The number of aromatic nitrogens is 3. The number of pyridine rings is 1. The zero-order valence-electron chi connectivity index (χ0n) is 14.9. The van der Waals surface area contributed by atoms with Gasteiger partial charge in [-0.1, -0.05) is 29.4 Å². The van der Waals surface area contributed by atoms with Crippen molar-refractivity contribution < 1.29 is 4.52 Å². The Morgan fingerprint density at radius 1 is 1.19 bits per heavy atom. The summed E-state index contributed by atoms with van der Waals surface area (Å²) in [7, 11) is 0. The van der Waals surface area contributed by atoms with E-state index in [1.165, 1.54) is 11.1 Å². The maximum atomic E-state index is 5.34. The second-order valence-corrected chi connectivity index (χ2v) is 6.79. The molecule has 0 amide bonds. The van der Waals surface area contributed by atoms with Gasteiger partial charge in [-0.3, -0.25) is 9.88 Å². The molecule has 0 fully saturated rings. The van der Waals surface area contributed by atoms with Gasteiger partial charge in [0.05, 0.1) is 6.54 Å². The summed E-state index contributed by atoms with van der Waals surface area (Å²) >= 11 is 0. The molecule has 0 radical (unpaired) electrons. The van der Waals surface area contributed by atoms with Gasteiger partial charge in [-0.05, 0) is 36.6 Å². The molecule has 0 bridgehead atoms. The lowest BCUT2D eigenvalue weighted by molar-refractivity contribution is 0.226. The number of nitrogens with one attached hydrogen (secondary N) is 1. The zero-order valence-corrected chi connectivity index (χ0v) is 14.9. The van der Waals surface area contributed by atoms with Crippen LogP contribution in [0.4, 0.5) is 0 Å². The zero-order chi connectivity index (χ0) is 17.8. The first-order chi connectivity index (χ1) is 12.8. The standard InChI is InChI=1S/C20H23N5O/c1-15(13-25-10-8-16-5-2-3-6-18(16)14-25)22-12-19-23-20(24-26-19)17-7-4-9-21-11-17/h2-7,9,11,15,22H,8,10,12-14H2,1H3/t15-/m1/s1. The topological polar surface area (TPSA) is 67.1 Å². The van der Waals surface area contributed by atoms with Gasteiger partial charge in [0.25, 0.3) is 0 Å². The highest BCUT2D eigenvalue weighted by Gasteiger charge is 2.18. The number of hydrogen-bond acceptors (Lipinski definition) is 6. The summed E-state index contributed by atoms with van der Waals surface area (Å²) in [4.78, 5) is 11.0. The van der Waals surface area contributed by atoms with Crippen molar-refractivity contribution in [1.29, 1.82) is 0 Å². The van der Waals surface area contributed by atoms with Crippen molar-refractivity contribution in [2.45, 2.75) is 32.5 Å².